The number of amides is 2. The molecule has 43 heavy (non-hydrogen) atoms. The maximum absolute atomic E-state index is 13.7. The average molecular weight is 589 g/mol. The second-order valence-corrected chi connectivity index (χ2v) is 13.5. The normalized spacial score (nSPS) is 19.6. The van der Waals surface area contributed by atoms with E-state index in [4.69, 9.17) is 9.47 Å². The van der Waals surface area contributed by atoms with E-state index in [0.717, 1.165) is 91.8 Å². The van der Waals surface area contributed by atoms with E-state index in [-0.39, 0.29) is 17.4 Å². The molecule has 8 nitrogen and oxygen atoms in total. The summed E-state index contributed by atoms with van der Waals surface area (Å²) in [5.41, 5.74) is 5.71. The van der Waals surface area contributed by atoms with Crippen LogP contribution in [0, 0.1) is 12.3 Å². The average Bonchev–Trinajstić information content (AvgIpc) is 2.94. The molecule has 1 saturated heterocycles. The Kier molecular flexibility index (Phi) is 9.04. The Morgan fingerprint density at radius 3 is 2.58 bits per heavy atom. The van der Waals surface area contributed by atoms with Crippen LogP contribution < -0.4 is 15.0 Å². The second kappa shape index (κ2) is 12.6. The Labute approximate surface area is 256 Å². The third-order valence-corrected chi connectivity index (χ3v) is 9.20. The maximum atomic E-state index is 13.7. The van der Waals surface area contributed by atoms with Gasteiger partial charge in [0.2, 0.25) is 5.88 Å². The standard InChI is InChI=1S/C35H48N4O4/c1-7-39(26-16-18-35(19-17-26)22-38(23-35)33(41)43-34(3,4)5)30-15-11-14-28-27(30)13-10-8-9-12-25-20-24(2)37-32(42-6)29(25)21-36-31(28)40/h8,10-11,14-15,20,26H,7,9,12-13,16-19,21-23H2,1-6H3,(H,36,40)/b10-8+. The molecule has 3 aliphatic rings. The molecular formula is C35H48N4O4. The Balaban J connectivity index is 1.32. The van der Waals surface area contributed by atoms with Crippen LogP contribution in [0.1, 0.15) is 92.5 Å². The van der Waals surface area contributed by atoms with Crippen molar-refractivity contribution < 1.29 is 19.1 Å². The van der Waals surface area contributed by atoms with Crippen LogP contribution in [0.2, 0.25) is 0 Å². The van der Waals surface area contributed by atoms with Crippen LogP contribution in [0.25, 0.3) is 0 Å². The number of carbonyl (C=O) groups is 2. The van der Waals surface area contributed by atoms with Gasteiger partial charge in [-0.1, -0.05) is 18.2 Å². The van der Waals surface area contributed by atoms with Crippen molar-refractivity contribution in [2.45, 2.75) is 97.8 Å². The lowest BCUT2D eigenvalue weighted by Crippen LogP contribution is -2.61. The molecule has 0 unspecified atom stereocenters. The van der Waals surface area contributed by atoms with Crippen molar-refractivity contribution >= 4 is 17.7 Å². The summed E-state index contributed by atoms with van der Waals surface area (Å²) in [4.78, 5) is 35.1. The van der Waals surface area contributed by atoms with Crippen molar-refractivity contribution in [2.75, 3.05) is 31.6 Å². The van der Waals surface area contributed by atoms with Gasteiger partial charge in [0.05, 0.1) is 7.11 Å². The number of rotatable bonds is 4. The molecule has 2 amide bonds. The molecule has 0 atom stereocenters. The molecule has 8 heteroatoms. The highest BCUT2D eigenvalue weighted by molar-refractivity contribution is 5.97. The third-order valence-electron chi connectivity index (χ3n) is 9.20. The molecule has 2 aromatic rings. The summed E-state index contributed by atoms with van der Waals surface area (Å²) >= 11 is 0. The number of nitrogens with one attached hydrogen (secondary N) is 1. The number of ether oxygens (including phenoxy) is 2. The fourth-order valence-electron chi connectivity index (χ4n) is 7.10. The summed E-state index contributed by atoms with van der Waals surface area (Å²) in [6, 6.07) is 8.64. The molecule has 1 aromatic heterocycles. The minimum absolute atomic E-state index is 0.0743. The fraction of sp³-hybridized carbons (Fsp3) is 0.571. The summed E-state index contributed by atoms with van der Waals surface area (Å²) in [6.45, 7) is 12.7. The second-order valence-electron chi connectivity index (χ2n) is 13.5. The van der Waals surface area contributed by atoms with Gasteiger partial charge in [0, 0.05) is 60.1 Å². The minimum atomic E-state index is -0.470. The molecular weight excluding hydrogens is 540 g/mol. The number of fused-ring (bicyclic) bond motifs is 2. The van der Waals surface area contributed by atoms with Crippen molar-refractivity contribution in [1.82, 2.24) is 15.2 Å². The van der Waals surface area contributed by atoms with Gasteiger partial charge in [0.15, 0.2) is 0 Å². The topological polar surface area (TPSA) is 84.0 Å². The SMILES string of the molecule is CCN(c1cccc2c1C/C=C/CCc1cc(C)nc(OC)c1CNC2=O)C1CCC2(CC1)CN(C(=O)OC(C)(C)C)C2. The number of anilines is 1. The summed E-state index contributed by atoms with van der Waals surface area (Å²) < 4.78 is 11.2. The lowest BCUT2D eigenvalue weighted by molar-refractivity contribution is -0.0505. The fourth-order valence-corrected chi connectivity index (χ4v) is 7.10. The predicted octanol–water partition coefficient (Wildman–Crippen LogP) is 6.38. The number of benzene rings is 1. The number of hydrogen-bond acceptors (Lipinski definition) is 6. The lowest BCUT2D eigenvalue weighted by Gasteiger charge is -2.54. The molecule has 232 valence electrons. The van der Waals surface area contributed by atoms with Gasteiger partial charge in [0.25, 0.3) is 5.91 Å². The number of pyridine rings is 1. The first kappa shape index (κ1) is 30.9. The van der Waals surface area contributed by atoms with E-state index in [1.165, 1.54) is 0 Å². The largest absolute Gasteiger partial charge is 0.481 e. The molecule has 2 fully saturated rings. The van der Waals surface area contributed by atoms with E-state index in [1.807, 2.05) is 44.7 Å². The van der Waals surface area contributed by atoms with E-state index < -0.39 is 5.60 Å². The molecule has 0 bridgehead atoms. The highest BCUT2D eigenvalue weighted by atomic mass is 16.6. The number of carbonyl (C=O) groups excluding carboxylic acids is 2. The van der Waals surface area contributed by atoms with E-state index in [1.54, 1.807) is 7.11 Å². The minimum Gasteiger partial charge on any atom is -0.481 e. The Hall–Kier alpha value is -3.55. The molecule has 5 rings (SSSR count). The van der Waals surface area contributed by atoms with Gasteiger partial charge in [-0.25, -0.2) is 9.78 Å². The zero-order valence-corrected chi connectivity index (χ0v) is 26.8. The van der Waals surface area contributed by atoms with Crippen LogP contribution >= 0.6 is 0 Å². The van der Waals surface area contributed by atoms with Gasteiger partial charge in [0.1, 0.15) is 5.60 Å². The van der Waals surface area contributed by atoms with Crippen LogP contribution in [0.5, 0.6) is 5.88 Å². The Morgan fingerprint density at radius 1 is 1.16 bits per heavy atom. The number of methoxy groups -OCH3 is 1. The number of likely N-dealkylation sites (tertiary alicyclic amines) is 1. The maximum Gasteiger partial charge on any atom is 0.410 e. The van der Waals surface area contributed by atoms with Crippen LogP contribution in [0.4, 0.5) is 10.5 Å². The molecule has 1 aromatic carbocycles. The molecule has 1 N–H and O–H groups in total. The van der Waals surface area contributed by atoms with Gasteiger partial charge in [-0.2, -0.15) is 0 Å². The number of aromatic nitrogens is 1. The number of nitrogens with zero attached hydrogens (tertiary/aromatic N) is 3. The van der Waals surface area contributed by atoms with Crippen molar-refractivity contribution in [2.24, 2.45) is 5.41 Å². The number of allylic oxidation sites excluding steroid dienone is 2. The van der Waals surface area contributed by atoms with E-state index >= 15 is 0 Å². The zero-order valence-electron chi connectivity index (χ0n) is 26.8. The Bertz CT molecular complexity index is 1360. The monoisotopic (exact) mass is 588 g/mol. The van der Waals surface area contributed by atoms with Gasteiger partial charge < -0.3 is 24.6 Å². The van der Waals surface area contributed by atoms with Crippen LogP contribution in [0.15, 0.2) is 36.4 Å². The van der Waals surface area contributed by atoms with E-state index in [2.05, 4.69) is 46.4 Å². The first-order valence-corrected chi connectivity index (χ1v) is 15.9. The first-order chi connectivity index (χ1) is 20.5. The molecule has 3 heterocycles. The Morgan fingerprint density at radius 2 is 1.91 bits per heavy atom. The first-order valence-electron chi connectivity index (χ1n) is 15.9. The zero-order chi connectivity index (χ0) is 30.8. The van der Waals surface area contributed by atoms with Crippen molar-refractivity contribution in [3.8, 4) is 5.88 Å². The lowest BCUT2D eigenvalue weighted by atomic mass is 9.67. The van der Waals surface area contributed by atoms with Crippen molar-refractivity contribution in [1.29, 1.82) is 0 Å². The molecule has 2 aliphatic heterocycles. The highest BCUT2D eigenvalue weighted by Gasteiger charge is 2.48. The number of aryl methyl sites for hydroxylation is 2. The third kappa shape index (κ3) is 6.84. The van der Waals surface area contributed by atoms with Gasteiger partial charge in [-0.05, 0) is 109 Å². The predicted molar refractivity (Wildman–Crippen MR) is 170 cm³/mol. The summed E-state index contributed by atoms with van der Waals surface area (Å²) in [5.74, 6) is 0.507. The summed E-state index contributed by atoms with van der Waals surface area (Å²) in [7, 11) is 1.63. The quantitative estimate of drug-likeness (QED) is 0.418. The van der Waals surface area contributed by atoms with Gasteiger partial charge in [-0.15, -0.1) is 0 Å². The smallest absolute Gasteiger partial charge is 0.410 e. The van der Waals surface area contributed by atoms with Gasteiger partial charge in [-0.3, -0.25) is 4.79 Å². The highest BCUT2D eigenvalue weighted by Crippen LogP contribution is 2.46. The van der Waals surface area contributed by atoms with Crippen LogP contribution in [-0.4, -0.2) is 60.3 Å². The molecule has 0 radical (unpaired) electrons. The number of hydrogen-bond donors (Lipinski definition) is 1. The van der Waals surface area contributed by atoms with E-state index in [9.17, 15) is 9.59 Å². The molecule has 1 saturated carbocycles. The summed E-state index contributed by atoms with van der Waals surface area (Å²) in [6.07, 6.45) is 11.1. The van der Waals surface area contributed by atoms with Crippen molar-refractivity contribution in [3.63, 3.8) is 0 Å². The van der Waals surface area contributed by atoms with Crippen molar-refractivity contribution in [3.05, 3.63) is 64.4 Å². The molecule has 1 aliphatic carbocycles. The van der Waals surface area contributed by atoms with Crippen LogP contribution in [-0.2, 0) is 24.1 Å². The summed E-state index contributed by atoms with van der Waals surface area (Å²) in [5, 5.41) is 3.18. The van der Waals surface area contributed by atoms with Gasteiger partial charge >= 0.3 is 6.09 Å². The van der Waals surface area contributed by atoms with E-state index in [0.29, 0.717) is 24.9 Å². The van der Waals surface area contributed by atoms with Crippen LogP contribution in [0.3, 0.4) is 0 Å². The molecule has 1 spiro atoms.